The molecule has 0 spiro atoms. The SMILES string of the molecule is CCC(Cc1ccccc1)C(Oc1ccccc1)N1CCCCC1. The van der Waals surface area contributed by atoms with Crippen molar-refractivity contribution in [3.8, 4) is 5.75 Å². The molecule has 1 aliphatic heterocycles. The molecule has 0 bridgehead atoms. The van der Waals surface area contributed by atoms with Crippen LogP contribution in [0.15, 0.2) is 60.7 Å². The van der Waals surface area contributed by atoms with Crippen molar-refractivity contribution in [2.45, 2.75) is 45.3 Å². The Morgan fingerprint density at radius 1 is 0.875 bits per heavy atom. The third kappa shape index (κ3) is 4.61. The van der Waals surface area contributed by atoms with E-state index in [0.29, 0.717) is 5.92 Å². The lowest BCUT2D eigenvalue weighted by Crippen LogP contribution is -2.47. The largest absolute Gasteiger partial charge is 0.475 e. The molecule has 24 heavy (non-hydrogen) atoms. The minimum absolute atomic E-state index is 0.165. The summed E-state index contributed by atoms with van der Waals surface area (Å²) in [7, 11) is 0. The molecule has 2 nitrogen and oxygen atoms in total. The average Bonchev–Trinajstić information content (AvgIpc) is 2.67. The number of ether oxygens (including phenoxy) is 1. The van der Waals surface area contributed by atoms with E-state index in [4.69, 9.17) is 4.74 Å². The molecule has 0 N–H and O–H groups in total. The minimum Gasteiger partial charge on any atom is -0.475 e. The summed E-state index contributed by atoms with van der Waals surface area (Å²) in [4.78, 5) is 2.56. The minimum atomic E-state index is 0.165. The topological polar surface area (TPSA) is 12.5 Å². The summed E-state index contributed by atoms with van der Waals surface area (Å²) in [6, 6.07) is 21.1. The van der Waals surface area contributed by atoms with Crippen molar-refractivity contribution in [1.82, 2.24) is 4.90 Å². The van der Waals surface area contributed by atoms with Crippen molar-refractivity contribution in [1.29, 1.82) is 0 Å². The average molecular weight is 323 g/mol. The second kappa shape index (κ2) is 8.89. The summed E-state index contributed by atoms with van der Waals surface area (Å²) < 4.78 is 6.51. The van der Waals surface area contributed by atoms with Gasteiger partial charge < -0.3 is 4.74 Å². The van der Waals surface area contributed by atoms with Crippen molar-refractivity contribution < 1.29 is 4.74 Å². The molecule has 2 aromatic carbocycles. The van der Waals surface area contributed by atoms with E-state index in [1.807, 2.05) is 6.07 Å². The van der Waals surface area contributed by atoms with Crippen LogP contribution in [0.2, 0.25) is 0 Å². The maximum Gasteiger partial charge on any atom is 0.155 e. The summed E-state index contributed by atoms with van der Waals surface area (Å²) in [6.07, 6.45) is 6.29. The van der Waals surface area contributed by atoms with Gasteiger partial charge in [-0.2, -0.15) is 0 Å². The molecule has 2 atom stereocenters. The van der Waals surface area contributed by atoms with Gasteiger partial charge in [0.1, 0.15) is 5.75 Å². The number of nitrogens with zero attached hydrogens (tertiary/aromatic N) is 1. The Balaban J connectivity index is 1.78. The predicted molar refractivity (Wildman–Crippen MR) is 100 cm³/mol. The van der Waals surface area contributed by atoms with Crippen LogP contribution in [0.4, 0.5) is 0 Å². The van der Waals surface area contributed by atoms with Gasteiger partial charge in [0.05, 0.1) is 0 Å². The van der Waals surface area contributed by atoms with Gasteiger partial charge in [0, 0.05) is 19.0 Å². The molecular weight excluding hydrogens is 294 g/mol. The molecule has 0 saturated carbocycles. The lowest BCUT2D eigenvalue weighted by Gasteiger charge is -2.39. The Morgan fingerprint density at radius 2 is 1.50 bits per heavy atom. The van der Waals surface area contributed by atoms with Crippen molar-refractivity contribution >= 4 is 0 Å². The number of likely N-dealkylation sites (tertiary alicyclic amines) is 1. The van der Waals surface area contributed by atoms with Gasteiger partial charge in [-0.3, -0.25) is 4.90 Å². The summed E-state index contributed by atoms with van der Waals surface area (Å²) in [5, 5.41) is 0. The fraction of sp³-hybridized carbons (Fsp3) is 0.455. The second-order valence-electron chi connectivity index (χ2n) is 6.78. The van der Waals surface area contributed by atoms with E-state index in [-0.39, 0.29) is 6.23 Å². The Morgan fingerprint density at radius 3 is 2.12 bits per heavy atom. The van der Waals surface area contributed by atoms with Crippen LogP contribution in [-0.2, 0) is 6.42 Å². The van der Waals surface area contributed by atoms with Crippen LogP contribution < -0.4 is 4.74 Å². The quantitative estimate of drug-likeness (QED) is 0.699. The van der Waals surface area contributed by atoms with Gasteiger partial charge in [-0.15, -0.1) is 0 Å². The summed E-state index contributed by atoms with van der Waals surface area (Å²) in [5.41, 5.74) is 1.41. The van der Waals surface area contributed by atoms with E-state index in [2.05, 4.69) is 66.4 Å². The zero-order valence-corrected chi connectivity index (χ0v) is 14.7. The lowest BCUT2D eigenvalue weighted by atomic mass is 9.93. The number of hydrogen-bond acceptors (Lipinski definition) is 2. The third-order valence-electron chi connectivity index (χ3n) is 5.02. The van der Waals surface area contributed by atoms with Crippen LogP contribution in [0.3, 0.4) is 0 Å². The molecule has 2 aromatic rings. The Bertz CT molecular complexity index is 577. The van der Waals surface area contributed by atoms with Gasteiger partial charge in [0.15, 0.2) is 6.23 Å². The van der Waals surface area contributed by atoms with Crippen molar-refractivity contribution in [3.63, 3.8) is 0 Å². The highest BCUT2D eigenvalue weighted by atomic mass is 16.5. The Hall–Kier alpha value is -1.80. The molecule has 0 aliphatic carbocycles. The highest BCUT2D eigenvalue weighted by molar-refractivity contribution is 5.21. The van der Waals surface area contributed by atoms with Crippen LogP contribution in [0.5, 0.6) is 5.75 Å². The Labute approximate surface area is 146 Å². The third-order valence-corrected chi connectivity index (χ3v) is 5.02. The zero-order chi connectivity index (χ0) is 16.6. The first-order chi connectivity index (χ1) is 11.9. The maximum absolute atomic E-state index is 6.51. The molecule has 1 heterocycles. The monoisotopic (exact) mass is 323 g/mol. The smallest absolute Gasteiger partial charge is 0.155 e. The first-order valence-electron chi connectivity index (χ1n) is 9.36. The van der Waals surface area contributed by atoms with Gasteiger partial charge in [-0.1, -0.05) is 61.9 Å². The number of para-hydroxylation sites is 1. The molecule has 0 radical (unpaired) electrons. The van der Waals surface area contributed by atoms with Gasteiger partial charge in [0.2, 0.25) is 0 Å². The van der Waals surface area contributed by atoms with E-state index >= 15 is 0 Å². The standard InChI is InChI=1S/C22H29NO/c1-2-20(18-19-12-6-3-7-13-19)22(23-16-10-5-11-17-23)24-21-14-8-4-9-15-21/h3-4,6-9,12-15,20,22H,2,5,10-11,16-18H2,1H3. The molecule has 0 aromatic heterocycles. The van der Waals surface area contributed by atoms with Gasteiger partial charge in [0.25, 0.3) is 0 Å². The number of benzene rings is 2. The molecule has 1 aliphatic rings. The molecule has 1 saturated heterocycles. The van der Waals surface area contributed by atoms with E-state index < -0.39 is 0 Å². The van der Waals surface area contributed by atoms with Gasteiger partial charge in [-0.25, -0.2) is 0 Å². The van der Waals surface area contributed by atoms with Crippen LogP contribution in [0.1, 0.15) is 38.2 Å². The van der Waals surface area contributed by atoms with E-state index in [1.54, 1.807) is 0 Å². The van der Waals surface area contributed by atoms with Crippen LogP contribution in [0.25, 0.3) is 0 Å². The lowest BCUT2D eigenvalue weighted by molar-refractivity contribution is -0.0308. The van der Waals surface area contributed by atoms with E-state index in [1.165, 1.54) is 24.8 Å². The van der Waals surface area contributed by atoms with E-state index in [9.17, 15) is 0 Å². The predicted octanol–water partition coefficient (Wildman–Crippen LogP) is 5.15. The summed E-state index contributed by atoms with van der Waals surface area (Å²) in [6.45, 7) is 4.60. The second-order valence-corrected chi connectivity index (χ2v) is 6.78. The Kier molecular flexibility index (Phi) is 6.31. The van der Waals surface area contributed by atoms with E-state index in [0.717, 1.165) is 31.7 Å². The molecule has 3 rings (SSSR count). The number of rotatable bonds is 7. The first-order valence-corrected chi connectivity index (χ1v) is 9.36. The van der Waals surface area contributed by atoms with Gasteiger partial charge >= 0.3 is 0 Å². The molecule has 0 amide bonds. The van der Waals surface area contributed by atoms with Crippen LogP contribution in [-0.4, -0.2) is 24.2 Å². The summed E-state index contributed by atoms with van der Waals surface area (Å²) >= 11 is 0. The molecule has 2 heteroatoms. The van der Waals surface area contributed by atoms with Gasteiger partial charge in [-0.05, 0) is 43.4 Å². The fourth-order valence-electron chi connectivity index (χ4n) is 3.64. The molecule has 2 unspecified atom stereocenters. The van der Waals surface area contributed by atoms with Crippen LogP contribution >= 0.6 is 0 Å². The fourth-order valence-corrected chi connectivity index (χ4v) is 3.64. The van der Waals surface area contributed by atoms with Crippen molar-refractivity contribution in [2.75, 3.05) is 13.1 Å². The first kappa shape index (κ1) is 17.0. The number of piperidine rings is 1. The van der Waals surface area contributed by atoms with Crippen molar-refractivity contribution in [3.05, 3.63) is 66.2 Å². The molecule has 1 fully saturated rings. The highest BCUT2D eigenvalue weighted by Crippen LogP contribution is 2.26. The summed E-state index contributed by atoms with van der Waals surface area (Å²) in [5.74, 6) is 1.49. The normalized spacial score (nSPS) is 18.0. The molecule has 128 valence electrons. The number of hydrogen-bond donors (Lipinski definition) is 0. The van der Waals surface area contributed by atoms with Crippen molar-refractivity contribution in [2.24, 2.45) is 5.92 Å². The maximum atomic E-state index is 6.51. The molecular formula is C22H29NO. The zero-order valence-electron chi connectivity index (χ0n) is 14.7. The van der Waals surface area contributed by atoms with Crippen LogP contribution in [0, 0.1) is 5.92 Å². The highest BCUT2D eigenvalue weighted by Gasteiger charge is 2.29.